The van der Waals surface area contributed by atoms with Crippen LogP contribution in [-0.2, 0) is 19.4 Å². The molecule has 36 heavy (non-hydrogen) atoms. The maximum absolute atomic E-state index is 15.3. The molecular formula is C24H23ClF4N4O3. The van der Waals surface area contributed by atoms with Gasteiger partial charge in [-0.25, -0.2) is 9.18 Å². The molecule has 0 fully saturated rings. The van der Waals surface area contributed by atoms with E-state index >= 15 is 4.39 Å². The van der Waals surface area contributed by atoms with Gasteiger partial charge in [-0.05, 0) is 43.9 Å². The Labute approximate surface area is 208 Å². The summed E-state index contributed by atoms with van der Waals surface area (Å²) >= 11 is 6.21. The zero-order valence-corrected chi connectivity index (χ0v) is 20.2. The number of alkyl halides is 3. The molecule has 0 bridgehead atoms. The van der Waals surface area contributed by atoms with Crippen LogP contribution in [0.25, 0.3) is 5.69 Å². The van der Waals surface area contributed by atoms with Crippen LogP contribution in [-0.4, -0.2) is 32.5 Å². The number of hydrogen-bond donors (Lipinski definition) is 1. The number of benzene rings is 2. The summed E-state index contributed by atoms with van der Waals surface area (Å²) in [6, 6.07) is 6.57. The second kappa shape index (κ2) is 9.96. The van der Waals surface area contributed by atoms with Crippen molar-refractivity contribution in [2.45, 2.75) is 58.4 Å². The molecule has 1 aromatic heterocycles. The molecule has 192 valence electrons. The minimum Gasteiger partial charge on any atom is -0.480 e. The highest BCUT2D eigenvalue weighted by Crippen LogP contribution is 2.33. The summed E-state index contributed by atoms with van der Waals surface area (Å²) in [7, 11) is 0. The summed E-state index contributed by atoms with van der Waals surface area (Å²) in [6.07, 6.45) is -4.51. The van der Waals surface area contributed by atoms with E-state index in [1.54, 1.807) is 12.1 Å². The number of anilines is 1. The van der Waals surface area contributed by atoms with Crippen LogP contribution in [0.2, 0.25) is 5.02 Å². The van der Waals surface area contributed by atoms with Gasteiger partial charge in [-0.1, -0.05) is 30.7 Å². The van der Waals surface area contributed by atoms with E-state index in [4.69, 9.17) is 16.3 Å². The quantitative estimate of drug-likeness (QED) is 0.442. The van der Waals surface area contributed by atoms with Crippen molar-refractivity contribution in [1.29, 1.82) is 0 Å². The highest BCUT2D eigenvalue weighted by atomic mass is 35.5. The van der Waals surface area contributed by atoms with Crippen LogP contribution >= 0.6 is 11.6 Å². The summed E-state index contributed by atoms with van der Waals surface area (Å²) < 4.78 is 62.4. The number of ether oxygens (including phenoxy) is 1. The number of para-hydroxylation sites is 1. The Balaban J connectivity index is 1.81. The Hall–Kier alpha value is -3.34. The molecule has 1 aliphatic rings. The van der Waals surface area contributed by atoms with E-state index in [-0.39, 0.29) is 10.7 Å². The summed E-state index contributed by atoms with van der Waals surface area (Å²) in [5, 5.41) is 6.92. The molecule has 7 nitrogen and oxygen atoms in total. The SMILES string of the molecule is CCc1cccc(Cl)c1NC(=O)c1cc(F)c(-n2nc3n(c2=O)CCCC3)cc1O[C@@H](C)C(F)(F)F. The van der Waals surface area contributed by atoms with E-state index in [1.165, 1.54) is 10.6 Å². The monoisotopic (exact) mass is 526 g/mol. The lowest BCUT2D eigenvalue weighted by atomic mass is 10.1. The Morgan fingerprint density at radius 2 is 2.03 bits per heavy atom. The Kier molecular flexibility index (Phi) is 7.12. The molecule has 0 unspecified atom stereocenters. The Morgan fingerprint density at radius 3 is 2.69 bits per heavy atom. The van der Waals surface area contributed by atoms with Crippen LogP contribution in [0.4, 0.5) is 23.2 Å². The Morgan fingerprint density at radius 1 is 1.28 bits per heavy atom. The van der Waals surface area contributed by atoms with Crippen molar-refractivity contribution >= 4 is 23.2 Å². The lowest BCUT2D eigenvalue weighted by molar-refractivity contribution is -0.189. The highest BCUT2D eigenvalue weighted by Gasteiger charge is 2.39. The van der Waals surface area contributed by atoms with Crippen molar-refractivity contribution in [3.63, 3.8) is 0 Å². The molecular weight excluding hydrogens is 504 g/mol. The molecule has 1 atom stereocenters. The molecule has 4 rings (SSSR count). The molecule has 12 heteroatoms. The Bertz CT molecular complexity index is 1370. The third kappa shape index (κ3) is 4.97. The van der Waals surface area contributed by atoms with E-state index in [0.717, 1.165) is 36.6 Å². The number of nitrogens with zero attached hydrogens (tertiary/aromatic N) is 3. The largest absolute Gasteiger partial charge is 0.480 e. The van der Waals surface area contributed by atoms with Gasteiger partial charge in [0.2, 0.25) is 0 Å². The van der Waals surface area contributed by atoms with Crippen LogP contribution in [0.5, 0.6) is 5.75 Å². The van der Waals surface area contributed by atoms with Gasteiger partial charge in [0.15, 0.2) is 6.10 Å². The molecule has 0 aliphatic carbocycles. The van der Waals surface area contributed by atoms with Crippen molar-refractivity contribution in [2.24, 2.45) is 0 Å². The minimum atomic E-state index is -4.76. The number of fused-ring (bicyclic) bond motifs is 1. The van der Waals surface area contributed by atoms with Gasteiger partial charge in [-0.2, -0.15) is 17.9 Å². The number of aryl methyl sites for hydroxylation is 2. The molecule has 0 saturated heterocycles. The third-order valence-corrected chi connectivity index (χ3v) is 6.29. The van der Waals surface area contributed by atoms with E-state index in [1.807, 2.05) is 6.92 Å². The van der Waals surface area contributed by atoms with Gasteiger partial charge in [-0.15, -0.1) is 5.10 Å². The summed E-state index contributed by atoms with van der Waals surface area (Å²) in [4.78, 5) is 25.9. The molecule has 1 aliphatic heterocycles. The first-order valence-corrected chi connectivity index (χ1v) is 11.7. The van der Waals surface area contributed by atoms with Crippen molar-refractivity contribution in [3.8, 4) is 11.4 Å². The maximum atomic E-state index is 15.3. The van der Waals surface area contributed by atoms with Gasteiger partial charge in [0.1, 0.15) is 23.1 Å². The van der Waals surface area contributed by atoms with Crippen LogP contribution in [0.1, 0.15) is 48.4 Å². The number of halogens is 5. The first kappa shape index (κ1) is 25.7. The number of nitrogens with one attached hydrogen (secondary N) is 1. The minimum absolute atomic E-state index is 0.209. The molecule has 0 saturated carbocycles. The normalized spacial score (nSPS) is 14.3. The lowest BCUT2D eigenvalue weighted by Crippen LogP contribution is -2.32. The molecule has 0 radical (unpaired) electrons. The number of rotatable bonds is 6. The average Bonchev–Trinajstić information content (AvgIpc) is 3.16. The molecule has 0 spiro atoms. The van der Waals surface area contributed by atoms with Gasteiger partial charge >= 0.3 is 11.9 Å². The van der Waals surface area contributed by atoms with Crippen LogP contribution in [0.3, 0.4) is 0 Å². The van der Waals surface area contributed by atoms with Gasteiger partial charge in [0.25, 0.3) is 5.91 Å². The number of hydrogen-bond acceptors (Lipinski definition) is 4. The zero-order valence-electron chi connectivity index (χ0n) is 19.5. The summed E-state index contributed by atoms with van der Waals surface area (Å²) in [5.74, 6) is -2.07. The topological polar surface area (TPSA) is 78.2 Å². The van der Waals surface area contributed by atoms with E-state index < -0.39 is 46.7 Å². The molecule has 2 aromatic carbocycles. The van der Waals surface area contributed by atoms with Crippen molar-refractivity contribution in [1.82, 2.24) is 14.3 Å². The standard InChI is InChI=1S/C24H23ClF4N4O3/c1-3-14-7-6-8-16(25)21(14)30-22(34)15-11-17(26)18(12-19(15)36-13(2)24(27,28)29)33-23(35)32-10-5-4-9-20(32)31-33/h6-8,11-13H,3-5,9-10H2,1-2H3,(H,30,34)/t13-/m0/s1. The first-order chi connectivity index (χ1) is 17.0. The van der Waals surface area contributed by atoms with Gasteiger partial charge in [0.05, 0.1) is 16.3 Å². The van der Waals surface area contributed by atoms with Crippen molar-refractivity contribution in [2.75, 3.05) is 5.32 Å². The molecule has 1 N–H and O–H groups in total. The average molecular weight is 527 g/mol. The fourth-order valence-electron chi connectivity index (χ4n) is 3.98. The second-order valence-electron chi connectivity index (χ2n) is 8.40. The fourth-order valence-corrected chi connectivity index (χ4v) is 4.22. The number of carbonyl (C=O) groups excluding carboxylic acids is 1. The molecule has 2 heterocycles. The van der Waals surface area contributed by atoms with Crippen molar-refractivity contribution < 1.29 is 27.1 Å². The zero-order chi connectivity index (χ0) is 26.2. The predicted molar refractivity (Wildman–Crippen MR) is 126 cm³/mol. The third-order valence-electron chi connectivity index (χ3n) is 5.98. The maximum Gasteiger partial charge on any atom is 0.425 e. The van der Waals surface area contributed by atoms with E-state index in [9.17, 15) is 22.8 Å². The number of carbonyl (C=O) groups is 1. The number of amides is 1. The lowest BCUT2D eigenvalue weighted by Gasteiger charge is -2.21. The smallest absolute Gasteiger partial charge is 0.425 e. The predicted octanol–water partition coefficient (Wildman–Crippen LogP) is 5.31. The van der Waals surface area contributed by atoms with Crippen molar-refractivity contribution in [3.05, 3.63) is 68.6 Å². The molecule has 1 amide bonds. The summed E-state index contributed by atoms with van der Waals surface area (Å²) in [5.41, 5.74) is -0.612. The summed E-state index contributed by atoms with van der Waals surface area (Å²) in [6.45, 7) is 3.00. The fraction of sp³-hybridized carbons (Fsp3) is 0.375. The first-order valence-electron chi connectivity index (χ1n) is 11.4. The molecule has 3 aromatic rings. The highest BCUT2D eigenvalue weighted by molar-refractivity contribution is 6.34. The number of aromatic nitrogens is 3. The van der Waals surface area contributed by atoms with Gasteiger partial charge in [-0.3, -0.25) is 9.36 Å². The second-order valence-corrected chi connectivity index (χ2v) is 8.81. The van der Waals surface area contributed by atoms with Crippen LogP contribution in [0.15, 0.2) is 35.1 Å². The van der Waals surface area contributed by atoms with Gasteiger partial charge < -0.3 is 10.1 Å². The van der Waals surface area contributed by atoms with Crippen LogP contribution in [0, 0.1) is 5.82 Å². The van der Waals surface area contributed by atoms with E-state index in [2.05, 4.69) is 10.4 Å². The van der Waals surface area contributed by atoms with Gasteiger partial charge in [0, 0.05) is 19.0 Å². The van der Waals surface area contributed by atoms with Crippen LogP contribution < -0.4 is 15.7 Å². The van der Waals surface area contributed by atoms with E-state index in [0.29, 0.717) is 30.8 Å².